The summed E-state index contributed by atoms with van der Waals surface area (Å²) in [6.45, 7) is 9.54. The molecule has 1 unspecified atom stereocenters. The molecular formula is C16H22N2S. The molecule has 0 saturated heterocycles. The van der Waals surface area contributed by atoms with Gasteiger partial charge in [-0.05, 0) is 30.9 Å². The van der Waals surface area contributed by atoms with Crippen molar-refractivity contribution in [2.24, 2.45) is 0 Å². The van der Waals surface area contributed by atoms with Gasteiger partial charge in [0.2, 0.25) is 0 Å². The standard InChI is InChI=1S/C16H22N2S/c1-11(2)15-7-5-14(6-8-15)9-17-13(4)16-18-12(3)10-19-16/h5-8,10-11,13,17H,9H2,1-4H3. The summed E-state index contributed by atoms with van der Waals surface area (Å²) >= 11 is 1.73. The van der Waals surface area contributed by atoms with E-state index in [4.69, 9.17) is 0 Å². The second kappa shape index (κ2) is 6.31. The Balaban J connectivity index is 1.91. The molecular weight excluding hydrogens is 252 g/mol. The Kier molecular flexibility index (Phi) is 4.72. The molecule has 102 valence electrons. The van der Waals surface area contributed by atoms with E-state index in [2.05, 4.69) is 60.7 Å². The molecule has 3 heteroatoms. The maximum Gasteiger partial charge on any atom is 0.110 e. The molecule has 2 nitrogen and oxygen atoms in total. The van der Waals surface area contributed by atoms with E-state index in [0.29, 0.717) is 12.0 Å². The Hall–Kier alpha value is -1.19. The van der Waals surface area contributed by atoms with E-state index < -0.39 is 0 Å². The fourth-order valence-corrected chi connectivity index (χ4v) is 2.78. The second-order valence-electron chi connectivity index (χ2n) is 5.33. The van der Waals surface area contributed by atoms with Gasteiger partial charge in [-0.1, -0.05) is 38.1 Å². The van der Waals surface area contributed by atoms with Gasteiger partial charge in [-0.25, -0.2) is 4.98 Å². The number of aryl methyl sites for hydroxylation is 1. The van der Waals surface area contributed by atoms with Crippen LogP contribution in [0.4, 0.5) is 0 Å². The second-order valence-corrected chi connectivity index (χ2v) is 6.22. The van der Waals surface area contributed by atoms with Gasteiger partial charge < -0.3 is 5.32 Å². The zero-order chi connectivity index (χ0) is 13.8. The smallest absolute Gasteiger partial charge is 0.110 e. The molecule has 0 spiro atoms. The Morgan fingerprint density at radius 2 is 1.84 bits per heavy atom. The van der Waals surface area contributed by atoms with Crippen LogP contribution in [0.25, 0.3) is 0 Å². The Morgan fingerprint density at radius 3 is 2.37 bits per heavy atom. The summed E-state index contributed by atoms with van der Waals surface area (Å²) in [4.78, 5) is 4.52. The third kappa shape index (κ3) is 3.88. The van der Waals surface area contributed by atoms with Crippen molar-refractivity contribution in [2.75, 3.05) is 0 Å². The highest BCUT2D eigenvalue weighted by Crippen LogP contribution is 2.19. The van der Waals surface area contributed by atoms with Gasteiger partial charge in [0, 0.05) is 17.6 Å². The minimum Gasteiger partial charge on any atom is -0.304 e. The summed E-state index contributed by atoms with van der Waals surface area (Å²) in [5, 5.41) is 6.79. The van der Waals surface area contributed by atoms with Crippen LogP contribution in [0.5, 0.6) is 0 Å². The minimum absolute atomic E-state index is 0.309. The highest BCUT2D eigenvalue weighted by atomic mass is 32.1. The van der Waals surface area contributed by atoms with Crippen LogP contribution in [0, 0.1) is 6.92 Å². The topological polar surface area (TPSA) is 24.9 Å². The summed E-state index contributed by atoms with van der Waals surface area (Å²) in [6.07, 6.45) is 0. The number of benzene rings is 1. The molecule has 1 aromatic heterocycles. The van der Waals surface area contributed by atoms with Crippen LogP contribution >= 0.6 is 11.3 Å². The van der Waals surface area contributed by atoms with Crippen LogP contribution in [0.1, 0.15) is 54.6 Å². The van der Waals surface area contributed by atoms with E-state index in [-0.39, 0.29) is 0 Å². The molecule has 0 fully saturated rings. The van der Waals surface area contributed by atoms with Crippen molar-refractivity contribution in [3.63, 3.8) is 0 Å². The number of hydrogen-bond acceptors (Lipinski definition) is 3. The third-order valence-corrected chi connectivity index (χ3v) is 4.41. The number of rotatable bonds is 5. The van der Waals surface area contributed by atoms with E-state index >= 15 is 0 Å². The van der Waals surface area contributed by atoms with Gasteiger partial charge in [-0.15, -0.1) is 11.3 Å². The van der Waals surface area contributed by atoms with Crippen molar-refractivity contribution < 1.29 is 0 Å². The van der Waals surface area contributed by atoms with Crippen molar-refractivity contribution in [1.82, 2.24) is 10.3 Å². The lowest BCUT2D eigenvalue weighted by Gasteiger charge is -2.12. The van der Waals surface area contributed by atoms with Crippen LogP contribution < -0.4 is 5.32 Å². The molecule has 2 rings (SSSR count). The predicted octanol–water partition coefficient (Wildman–Crippen LogP) is 4.43. The summed E-state index contributed by atoms with van der Waals surface area (Å²) in [5.74, 6) is 0.597. The number of hydrogen-bond donors (Lipinski definition) is 1. The average molecular weight is 274 g/mol. The first-order chi connectivity index (χ1) is 9.06. The van der Waals surface area contributed by atoms with E-state index in [0.717, 1.165) is 17.2 Å². The summed E-state index contributed by atoms with van der Waals surface area (Å²) in [5.41, 5.74) is 3.83. The number of nitrogens with zero attached hydrogens (tertiary/aromatic N) is 1. The lowest BCUT2D eigenvalue weighted by molar-refractivity contribution is 0.571. The average Bonchev–Trinajstić information content (AvgIpc) is 2.83. The highest BCUT2D eigenvalue weighted by Gasteiger charge is 2.08. The molecule has 0 amide bonds. The van der Waals surface area contributed by atoms with Crippen molar-refractivity contribution in [2.45, 2.75) is 46.2 Å². The van der Waals surface area contributed by atoms with Gasteiger partial charge in [0.1, 0.15) is 5.01 Å². The maximum absolute atomic E-state index is 4.52. The molecule has 1 aromatic carbocycles. The molecule has 0 saturated carbocycles. The lowest BCUT2D eigenvalue weighted by Crippen LogP contribution is -2.17. The molecule has 0 aliphatic carbocycles. The number of nitrogens with one attached hydrogen (secondary N) is 1. The quantitative estimate of drug-likeness (QED) is 0.872. The summed E-state index contributed by atoms with van der Waals surface area (Å²) in [7, 11) is 0. The molecule has 0 aliphatic heterocycles. The summed E-state index contributed by atoms with van der Waals surface area (Å²) < 4.78 is 0. The molecule has 0 radical (unpaired) electrons. The third-order valence-electron chi connectivity index (χ3n) is 3.27. The van der Waals surface area contributed by atoms with Crippen LogP contribution in [0.15, 0.2) is 29.6 Å². The van der Waals surface area contributed by atoms with Crippen molar-refractivity contribution in [1.29, 1.82) is 0 Å². The first-order valence-electron chi connectivity index (χ1n) is 6.80. The van der Waals surface area contributed by atoms with E-state index in [1.165, 1.54) is 11.1 Å². The summed E-state index contributed by atoms with van der Waals surface area (Å²) in [6, 6.07) is 9.17. The SMILES string of the molecule is Cc1csc(C(C)NCc2ccc(C(C)C)cc2)n1. The molecule has 0 aliphatic rings. The Morgan fingerprint density at radius 1 is 1.16 bits per heavy atom. The van der Waals surface area contributed by atoms with Crippen molar-refractivity contribution in [3.8, 4) is 0 Å². The Labute approximate surface area is 119 Å². The predicted molar refractivity (Wildman–Crippen MR) is 82.6 cm³/mol. The minimum atomic E-state index is 0.309. The van der Waals surface area contributed by atoms with Gasteiger partial charge in [0.05, 0.1) is 6.04 Å². The molecule has 2 aromatic rings. The van der Waals surface area contributed by atoms with Gasteiger partial charge >= 0.3 is 0 Å². The van der Waals surface area contributed by atoms with Gasteiger partial charge in [-0.3, -0.25) is 0 Å². The van der Waals surface area contributed by atoms with Crippen LogP contribution in [-0.4, -0.2) is 4.98 Å². The van der Waals surface area contributed by atoms with Crippen LogP contribution in [0.2, 0.25) is 0 Å². The number of aromatic nitrogens is 1. The normalized spacial score (nSPS) is 12.9. The van der Waals surface area contributed by atoms with Crippen molar-refractivity contribution in [3.05, 3.63) is 51.5 Å². The number of thiazole rings is 1. The van der Waals surface area contributed by atoms with Crippen molar-refractivity contribution >= 4 is 11.3 Å². The van der Waals surface area contributed by atoms with E-state index in [1.54, 1.807) is 11.3 Å². The monoisotopic (exact) mass is 274 g/mol. The molecule has 1 atom stereocenters. The van der Waals surface area contributed by atoms with E-state index in [9.17, 15) is 0 Å². The first-order valence-corrected chi connectivity index (χ1v) is 7.68. The maximum atomic E-state index is 4.52. The van der Waals surface area contributed by atoms with Crippen LogP contribution in [-0.2, 0) is 6.54 Å². The fourth-order valence-electron chi connectivity index (χ4n) is 1.95. The van der Waals surface area contributed by atoms with Crippen LogP contribution in [0.3, 0.4) is 0 Å². The lowest BCUT2D eigenvalue weighted by atomic mass is 10.0. The largest absolute Gasteiger partial charge is 0.304 e. The first kappa shape index (κ1) is 14.2. The Bertz CT molecular complexity index is 514. The zero-order valence-corrected chi connectivity index (χ0v) is 12.9. The highest BCUT2D eigenvalue weighted by molar-refractivity contribution is 7.09. The molecule has 1 heterocycles. The molecule has 0 bridgehead atoms. The van der Waals surface area contributed by atoms with Gasteiger partial charge in [0.15, 0.2) is 0 Å². The molecule has 1 N–H and O–H groups in total. The fraction of sp³-hybridized carbons (Fsp3) is 0.438. The van der Waals surface area contributed by atoms with Gasteiger partial charge in [0.25, 0.3) is 0 Å². The molecule has 19 heavy (non-hydrogen) atoms. The van der Waals surface area contributed by atoms with Gasteiger partial charge in [-0.2, -0.15) is 0 Å². The zero-order valence-electron chi connectivity index (χ0n) is 12.1. The van der Waals surface area contributed by atoms with E-state index in [1.807, 2.05) is 6.92 Å².